The maximum atomic E-state index is 13.9. The van der Waals surface area contributed by atoms with E-state index in [-0.39, 0.29) is 17.9 Å². The van der Waals surface area contributed by atoms with Crippen LogP contribution in [0, 0.1) is 25.7 Å². The highest BCUT2D eigenvalue weighted by Crippen LogP contribution is 2.50. The summed E-state index contributed by atoms with van der Waals surface area (Å²) in [7, 11) is 2.13. The molecule has 3 aromatic rings. The van der Waals surface area contributed by atoms with Crippen molar-refractivity contribution in [3.63, 3.8) is 0 Å². The number of carbonyl (C=O) groups is 2. The van der Waals surface area contributed by atoms with E-state index in [4.69, 9.17) is 0 Å². The summed E-state index contributed by atoms with van der Waals surface area (Å²) >= 11 is 1.57. The first-order valence-electron chi connectivity index (χ1n) is 13.5. The lowest BCUT2D eigenvalue weighted by molar-refractivity contribution is 0.0690. The maximum Gasteiger partial charge on any atom is 0.274 e. The number of hydrogen-bond acceptors (Lipinski definition) is 6. The molecule has 2 aliphatic heterocycles. The van der Waals surface area contributed by atoms with E-state index in [1.165, 1.54) is 0 Å². The number of aryl methyl sites for hydroxylation is 2. The van der Waals surface area contributed by atoms with Crippen molar-refractivity contribution in [3.8, 4) is 10.4 Å². The van der Waals surface area contributed by atoms with Crippen molar-refractivity contribution in [3.05, 3.63) is 70.4 Å². The topological polar surface area (TPSA) is 68.8 Å². The van der Waals surface area contributed by atoms with Crippen molar-refractivity contribution in [2.45, 2.75) is 26.3 Å². The summed E-state index contributed by atoms with van der Waals surface area (Å²) in [6, 6.07) is 16.1. The number of fused-ring (bicyclic) bond motifs is 1. The molecule has 3 fully saturated rings. The molecule has 7 nitrogen and oxygen atoms in total. The zero-order valence-electron chi connectivity index (χ0n) is 22.3. The number of piperidine rings is 1. The minimum Gasteiger partial charge on any atom is -0.368 e. The van der Waals surface area contributed by atoms with Gasteiger partial charge in [0.1, 0.15) is 5.69 Å². The number of carbonyl (C=O) groups excluding carboxylic acids is 2. The monoisotopic (exact) mass is 529 g/mol. The number of nitrogens with one attached hydrogen (secondary N) is 1. The van der Waals surface area contributed by atoms with E-state index >= 15 is 0 Å². The predicted octanol–water partition coefficient (Wildman–Crippen LogP) is 4.07. The minimum atomic E-state index is -0.0685. The molecule has 2 aromatic carbocycles. The lowest BCUT2D eigenvalue weighted by atomic mass is 10.1. The number of rotatable bonds is 6. The van der Waals surface area contributed by atoms with Crippen LogP contribution in [0.4, 0.5) is 5.69 Å². The first-order chi connectivity index (χ1) is 18.4. The molecule has 8 heteroatoms. The molecule has 3 atom stereocenters. The van der Waals surface area contributed by atoms with Gasteiger partial charge in [0.25, 0.3) is 11.8 Å². The second-order valence-electron chi connectivity index (χ2n) is 11.0. The molecule has 2 saturated heterocycles. The van der Waals surface area contributed by atoms with Gasteiger partial charge in [0.05, 0.1) is 21.5 Å². The zero-order valence-corrected chi connectivity index (χ0v) is 23.1. The van der Waals surface area contributed by atoms with Gasteiger partial charge in [-0.1, -0.05) is 42.0 Å². The molecule has 1 N–H and O–H groups in total. The number of amides is 2. The van der Waals surface area contributed by atoms with Gasteiger partial charge < -0.3 is 20.0 Å². The van der Waals surface area contributed by atoms with Gasteiger partial charge >= 0.3 is 0 Å². The molecule has 0 radical (unpaired) electrons. The van der Waals surface area contributed by atoms with Crippen LogP contribution in [0.25, 0.3) is 10.4 Å². The summed E-state index contributed by atoms with van der Waals surface area (Å²) in [5.74, 6) is 0.894. The molecule has 3 heterocycles. The van der Waals surface area contributed by atoms with Crippen molar-refractivity contribution in [1.29, 1.82) is 0 Å². The molecule has 38 heavy (non-hydrogen) atoms. The van der Waals surface area contributed by atoms with E-state index in [0.29, 0.717) is 29.6 Å². The Bertz CT molecular complexity index is 1360. The second kappa shape index (κ2) is 10.2. The zero-order chi connectivity index (χ0) is 26.4. The van der Waals surface area contributed by atoms with Crippen LogP contribution in [0.1, 0.15) is 37.8 Å². The highest BCUT2D eigenvalue weighted by atomic mass is 32.1. The normalized spacial score (nSPS) is 22.9. The molecule has 0 bridgehead atoms. The summed E-state index contributed by atoms with van der Waals surface area (Å²) in [5, 5.41) is 4.08. The van der Waals surface area contributed by atoms with Crippen molar-refractivity contribution in [2.75, 3.05) is 51.2 Å². The Labute approximate surface area is 228 Å². The van der Waals surface area contributed by atoms with Crippen LogP contribution in [-0.4, -0.2) is 79.0 Å². The molecule has 1 saturated carbocycles. The molecule has 6 rings (SSSR count). The van der Waals surface area contributed by atoms with E-state index in [0.717, 1.165) is 65.8 Å². The molecule has 1 unspecified atom stereocenters. The average Bonchev–Trinajstić information content (AvgIpc) is 3.43. The summed E-state index contributed by atoms with van der Waals surface area (Å²) in [5.41, 5.74) is 4.43. The fraction of sp³-hybridized carbons (Fsp3) is 0.433. The van der Waals surface area contributed by atoms with E-state index in [1.807, 2.05) is 48.2 Å². The summed E-state index contributed by atoms with van der Waals surface area (Å²) in [6.45, 7) is 9.01. The first kappa shape index (κ1) is 25.1. The predicted molar refractivity (Wildman–Crippen MR) is 152 cm³/mol. The SMILES string of the molecule is Cc1cccc(-c2sc(C)nc2C(=O)N2C[C@@H]3CC3[C@H]2CNC(=O)c2ccccc2N2CCN(C)CC2)c1. The van der Waals surface area contributed by atoms with Gasteiger partial charge in [-0.25, -0.2) is 4.98 Å². The standard InChI is InChI=1S/C30H35N5O2S/c1-19-7-6-8-21(15-19)28-27(32-20(2)38-28)30(37)35-18-22-16-24(22)26(35)17-31-29(36)23-9-4-5-10-25(23)34-13-11-33(3)12-14-34/h4-10,15,22,24,26H,11-14,16-18H2,1-3H3,(H,31,36)/t22-,24?,26+/m0/s1. The Morgan fingerprint density at radius 1 is 1.05 bits per heavy atom. The van der Waals surface area contributed by atoms with Gasteiger partial charge in [-0.15, -0.1) is 11.3 Å². The van der Waals surface area contributed by atoms with Crippen LogP contribution < -0.4 is 10.2 Å². The fourth-order valence-corrected chi connectivity index (χ4v) is 6.94. The van der Waals surface area contributed by atoms with Crippen LogP contribution in [0.5, 0.6) is 0 Å². The van der Waals surface area contributed by atoms with Gasteiger partial charge in [-0.3, -0.25) is 9.59 Å². The van der Waals surface area contributed by atoms with Crippen molar-refractivity contribution in [1.82, 2.24) is 20.1 Å². The lowest BCUT2D eigenvalue weighted by Crippen LogP contribution is -2.47. The number of likely N-dealkylation sites (tertiary alicyclic amines) is 1. The van der Waals surface area contributed by atoms with Gasteiger partial charge in [0.15, 0.2) is 0 Å². The molecular weight excluding hydrogens is 494 g/mol. The van der Waals surface area contributed by atoms with Crippen molar-refractivity contribution < 1.29 is 9.59 Å². The van der Waals surface area contributed by atoms with Gasteiger partial charge in [0.2, 0.25) is 0 Å². The Kier molecular flexibility index (Phi) is 6.70. The highest BCUT2D eigenvalue weighted by molar-refractivity contribution is 7.15. The number of hydrogen-bond donors (Lipinski definition) is 1. The van der Waals surface area contributed by atoms with Crippen molar-refractivity contribution >= 4 is 28.8 Å². The molecule has 1 aliphatic carbocycles. The quantitative estimate of drug-likeness (QED) is 0.522. The van der Waals surface area contributed by atoms with Crippen molar-refractivity contribution in [2.24, 2.45) is 11.8 Å². The smallest absolute Gasteiger partial charge is 0.274 e. The van der Waals surface area contributed by atoms with Gasteiger partial charge in [-0.2, -0.15) is 0 Å². The second-order valence-corrected chi connectivity index (χ2v) is 12.2. The average molecular weight is 530 g/mol. The number of anilines is 1. The number of para-hydroxylation sites is 1. The number of thiazole rings is 1. The van der Waals surface area contributed by atoms with E-state index in [2.05, 4.69) is 46.2 Å². The summed E-state index contributed by atoms with van der Waals surface area (Å²) in [6.07, 6.45) is 1.13. The lowest BCUT2D eigenvalue weighted by Gasteiger charge is -2.35. The Morgan fingerprint density at radius 3 is 2.63 bits per heavy atom. The minimum absolute atomic E-state index is 0.000357. The third kappa shape index (κ3) is 4.83. The van der Waals surface area contributed by atoms with Gasteiger partial charge in [0, 0.05) is 45.0 Å². The fourth-order valence-electron chi connectivity index (χ4n) is 6.04. The van der Waals surface area contributed by atoms with Crippen LogP contribution in [0.2, 0.25) is 0 Å². The Morgan fingerprint density at radius 2 is 1.84 bits per heavy atom. The number of benzene rings is 2. The van der Waals surface area contributed by atoms with E-state index in [9.17, 15) is 9.59 Å². The number of aromatic nitrogens is 1. The van der Waals surface area contributed by atoms with Gasteiger partial charge in [-0.05, 0) is 56.8 Å². The van der Waals surface area contributed by atoms with E-state index < -0.39 is 0 Å². The number of nitrogens with zero attached hydrogens (tertiary/aromatic N) is 4. The molecular formula is C30H35N5O2S. The van der Waals surface area contributed by atoms with E-state index in [1.54, 1.807) is 11.3 Å². The molecule has 1 aromatic heterocycles. The summed E-state index contributed by atoms with van der Waals surface area (Å²) < 4.78 is 0. The molecule has 3 aliphatic rings. The molecule has 198 valence electrons. The number of piperazine rings is 1. The Hall–Kier alpha value is -3.23. The first-order valence-corrected chi connectivity index (χ1v) is 14.4. The third-order valence-electron chi connectivity index (χ3n) is 8.25. The number of likely N-dealkylation sites (N-methyl/N-ethyl adjacent to an activating group) is 1. The van der Waals surface area contributed by atoms with Crippen LogP contribution in [0.3, 0.4) is 0 Å². The van der Waals surface area contributed by atoms with Crippen LogP contribution in [-0.2, 0) is 0 Å². The maximum absolute atomic E-state index is 13.9. The largest absolute Gasteiger partial charge is 0.368 e. The molecule has 2 amide bonds. The summed E-state index contributed by atoms with van der Waals surface area (Å²) in [4.78, 5) is 39.5. The van der Waals surface area contributed by atoms with Crippen LogP contribution in [0.15, 0.2) is 48.5 Å². The highest BCUT2D eigenvalue weighted by Gasteiger charge is 2.54. The Balaban J connectivity index is 1.18. The van der Waals surface area contributed by atoms with Crippen LogP contribution >= 0.6 is 11.3 Å². The molecule has 0 spiro atoms. The third-order valence-corrected chi connectivity index (χ3v) is 9.27.